The number of nitrogens with zero attached hydrogens (tertiary/aromatic N) is 4. The topological polar surface area (TPSA) is 115 Å². The van der Waals surface area contributed by atoms with Crippen molar-refractivity contribution in [1.29, 1.82) is 0 Å². The molecule has 3 N–H and O–H groups in total. The second-order valence-corrected chi connectivity index (χ2v) is 7.94. The molecule has 3 aromatic rings. The van der Waals surface area contributed by atoms with Gasteiger partial charge in [-0.25, -0.2) is 15.0 Å². The zero-order valence-electron chi connectivity index (χ0n) is 17.1. The lowest BCUT2D eigenvalue weighted by Crippen LogP contribution is -2.30. The van der Waals surface area contributed by atoms with E-state index in [2.05, 4.69) is 20.3 Å². The van der Waals surface area contributed by atoms with Crippen molar-refractivity contribution in [3.63, 3.8) is 0 Å². The van der Waals surface area contributed by atoms with Crippen LogP contribution in [0.3, 0.4) is 0 Å². The molecule has 0 aliphatic carbocycles. The molecule has 5 rings (SSSR count). The van der Waals surface area contributed by atoms with Gasteiger partial charge in [0.1, 0.15) is 24.6 Å². The van der Waals surface area contributed by atoms with Crippen molar-refractivity contribution in [3.05, 3.63) is 54.1 Å². The Bertz CT molecular complexity index is 1090. The maximum atomic E-state index is 10.7. The zero-order valence-corrected chi connectivity index (χ0v) is 17.1. The number of nitrogens with one attached hydrogen (secondary N) is 1. The smallest absolute Gasteiger partial charge is 0.167 e. The largest absolute Gasteiger partial charge is 0.387 e. The van der Waals surface area contributed by atoms with Crippen molar-refractivity contribution in [2.24, 2.45) is 0 Å². The van der Waals surface area contributed by atoms with Gasteiger partial charge in [0.15, 0.2) is 23.2 Å². The molecular weight excluding hydrogens is 398 g/mol. The minimum absolute atomic E-state index is 0.175. The molecule has 0 saturated carbocycles. The molecule has 2 aliphatic heterocycles. The van der Waals surface area contributed by atoms with Gasteiger partial charge in [0, 0.05) is 6.61 Å². The Morgan fingerprint density at radius 2 is 2.03 bits per heavy atom. The molecule has 9 nitrogen and oxygen atoms in total. The van der Waals surface area contributed by atoms with Gasteiger partial charge in [-0.1, -0.05) is 36.4 Å². The Labute approximate surface area is 179 Å². The summed E-state index contributed by atoms with van der Waals surface area (Å²) >= 11 is 0. The third-order valence-corrected chi connectivity index (χ3v) is 5.83. The summed E-state index contributed by atoms with van der Waals surface area (Å²) in [6, 6.07) is 8.11. The van der Waals surface area contributed by atoms with Crippen LogP contribution >= 0.6 is 0 Å². The van der Waals surface area contributed by atoms with Crippen LogP contribution in [0.5, 0.6) is 0 Å². The minimum Gasteiger partial charge on any atom is -0.387 e. The molecule has 9 heteroatoms. The first-order valence-corrected chi connectivity index (χ1v) is 10.4. The van der Waals surface area contributed by atoms with Crippen LogP contribution in [0.1, 0.15) is 23.8 Å². The predicted octanol–water partition coefficient (Wildman–Crippen LogP) is 1.67. The second-order valence-electron chi connectivity index (χ2n) is 7.94. The number of imidazole rings is 1. The van der Waals surface area contributed by atoms with Gasteiger partial charge in [0.05, 0.1) is 19.0 Å². The number of hydrogen-bond donors (Lipinski definition) is 3. The number of aliphatic hydroxyl groups excluding tert-OH is 2. The van der Waals surface area contributed by atoms with E-state index >= 15 is 0 Å². The Morgan fingerprint density at radius 3 is 2.84 bits per heavy atom. The molecule has 1 aromatic carbocycles. The quantitative estimate of drug-likeness (QED) is 0.568. The lowest BCUT2D eigenvalue weighted by molar-refractivity contribution is -0.0243. The van der Waals surface area contributed by atoms with E-state index in [-0.39, 0.29) is 6.04 Å². The highest BCUT2D eigenvalue weighted by Gasteiger charge is 2.43. The normalized spacial score (nSPS) is 28.7. The van der Waals surface area contributed by atoms with Gasteiger partial charge < -0.3 is 25.0 Å². The van der Waals surface area contributed by atoms with Crippen LogP contribution in [0.2, 0.25) is 0 Å². The molecular formula is C22H25N5O4. The molecule has 0 amide bonds. The average molecular weight is 423 g/mol. The Kier molecular flexibility index (Phi) is 5.41. The number of aliphatic hydroxyl groups is 2. The fourth-order valence-corrected chi connectivity index (χ4v) is 4.03. The van der Waals surface area contributed by atoms with Gasteiger partial charge in [-0.05, 0) is 24.5 Å². The Morgan fingerprint density at radius 1 is 1.16 bits per heavy atom. The molecule has 0 spiro atoms. The number of hydrogen-bond acceptors (Lipinski definition) is 8. The molecule has 0 radical (unpaired) electrons. The standard InChI is InChI=1S/C22H25N5O4/c1-13-4-2-3-5-14(13)6-7-16-18(28)19(29)22(31-16)27-12-25-17-20(23-11-24-21(17)27)26-15-8-9-30-10-15/h2-7,11-12,15-16,18-19,22,28-29H,8-10H2,1H3,(H,23,24,26)/t15?,16-,18-,19-,22-/m1/s1. The third-order valence-electron chi connectivity index (χ3n) is 5.83. The first-order valence-electron chi connectivity index (χ1n) is 10.4. The summed E-state index contributed by atoms with van der Waals surface area (Å²) in [5, 5.41) is 24.6. The van der Waals surface area contributed by atoms with Crippen LogP contribution in [-0.2, 0) is 9.47 Å². The van der Waals surface area contributed by atoms with Gasteiger partial charge >= 0.3 is 0 Å². The molecule has 2 saturated heterocycles. The van der Waals surface area contributed by atoms with E-state index in [1.807, 2.05) is 37.3 Å². The van der Waals surface area contributed by atoms with Gasteiger partial charge in [-0.15, -0.1) is 0 Å². The van der Waals surface area contributed by atoms with Gasteiger partial charge in [-0.3, -0.25) is 4.57 Å². The fourth-order valence-electron chi connectivity index (χ4n) is 4.03. The number of ether oxygens (including phenoxy) is 2. The van der Waals surface area contributed by atoms with Crippen LogP contribution in [0.15, 0.2) is 43.0 Å². The van der Waals surface area contributed by atoms with E-state index < -0.39 is 24.5 Å². The maximum absolute atomic E-state index is 10.7. The van der Waals surface area contributed by atoms with Crippen molar-refractivity contribution < 1.29 is 19.7 Å². The molecule has 1 unspecified atom stereocenters. The lowest BCUT2D eigenvalue weighted by atomic mass is 10.1. The summed E-state index contributed by atoms with van der Waals surface area (Å²) in [6.07, 6.45) is 3.91. The van der Waals surface area contributed by atoms with Crippen LogP contribution in [0, 0.1) is 6.92 Å². The number of aryl methyl sites for hydroxylation is 1. The third kappa shape index (κ3) is 3.81. The van der Waals surface area contributed by atoms with Gasteiger partial charge in [0.25, 0.3) is 0 Å². The molecule has 0 bridgehead atoms. The summed E-state index contributed by atoms with van der Waals surface area (Å²) < 4.78 is 13.1. The number of benzene rings is 1. The van der Waals surface area contributed by atoms with Crippen LogP contribution in [0.4, 0.5) is 5.82 Å². The summed E-state index contributed by atoms with van der Waals surface area (Å²) in [6.45, 7) is 3.36. The first-order chi connectivity index (χ1) is 15.1. The lowest BCUT2D eigenvalue weighted by Gasteiger charge is -2.16. The van der Waals surface area contributed by atoms with Crippen molar-refractivity contribution >= 4 is 23.1 Å². The highest BCUT2D eigenvalue weighted by Crippen LogP contribution is 2.33. The Hall–Kier alpha value is -2.85. The molecule has 31 heavy (non-hydrogen) atoms. The minimum atomic E-state index is -1.13. The summed E-state index contributed by atoms with van der Waals surface area (Å²) in [4.78, 5) is 13.1. The van der Waals surface area contributed by atoms with E-state index in [0.29, 0.717) is 23.6 Å². The van der Waals surface area contributed by atoms with E-state index in [1.54, 1.807) is 17.0 Å². The molecule has 2 aromatic heterocycles. The Balaban J connectivity index is 1.39. The number of fused-ring (bicyclic) bond motifs is 1. The number of rotatable bonds is 5. The second kappa shape index (κ2) is 8.35. The van der Waals surface area contributed by atoms with Crippen molar-refractivity contribution in [1.82, 2.24) is 19.5 Å². The number of anilines is 1. The highest BCUT2D eigenvalue weighted by molar-refractivity contribution is 5.82. The first kappa shape index (κ1) is 20.1. The fraction of sp³-hybridized carbons (Fsp3) is 0.409. The zero-order chi connectivity index (χ0) is 21.4. The molecule has 162 valence electrons. The van der Waals surface area contributed by atoms with Crippen molar-refractivity contribution in [2.45, 2.75) is 43.9 Å². The highest BCUT2D eigenvalue weighted by atomic mass is 16.6. The van der Waals surface area contributed by atoms with E-state index in [1.165, 1.54) is 6.33 Å². The summed E-state index contributed by atoms with van der Waals surface area (Å²) in [5.74, 6) is 0.614. The van der Waals surface area contributed by atoms with E-state index in [9.17, 15) is 10.2 Å². The number of aromatic nitrogens is 4. The molecule has 2 fully saturated rings. The van der Waals surface area contributed by atoms with E-state index in [4.69, 9.17) is 9.47 Å². The summed E-state index contributed by atoms with van der Waals surface area (Å²) in [5.41, 5.74) is 3.26. The van der Waals surface area contributed by atoms with Crippen LogP contribution in [0.25, 0.3) is 17.2 Å². The maximum Gasteiger partial charge on any atom is 0.167 e. The predicted molar refractivity (Wildman–Crippen MR) is 114 cm³/mol. The summed E-state index contributed by atoms with van der Waals surface area (Å²) in [7, 11) is 0. The van der Waals surface area contributed by atoms with Crippen LogP contribution in [-0.4, -0.2) is 67.3 Å². The molecule has 4 heterocycles. The average Bonchev–Trinajstić information content (AvgIpc) is 3.50. The molecule has 5 atom stereocenters. The molecule has 2 aliphatic rings. The van der Waals surface area contributed by atoms with Gasteiger partial charge in [0.2, 0.25) is 0 Å². The SMILES string of the molecule is Cc1ccccc1C=C[C@H]1O[C@@H](n2cnc3c(NC4CCOC4)ncnc32)[C@H](O)[C@@H]1O. The van der Waals surface area contributed by atoms with Crippen LogP contribution < -0.4 is 5.32 Å². The monoisotopic (exact) mass is 423 g/mol. The van der Waals surface area contributed by atoms with Gasteiger partial charge in [-0.2, -0.15) is 0 Å². The van der Waals surface area contributed by atoms with Crippen molar-refractivity contribution in [3.8, 4) is 0 Å². The van der Waals surface area contributed by atoms with Crippen molar-refractivity contribution in [2.75, 3.05) is 18.5 Å². The van der Waals surface area contributed by atoms with E-state index in [0.717, 1.165) is 24.2 Å².